The number of rotatable bonds is 3. The smallest absolute Gasteiger partial charge is 0.182 e. The summed E-state index contributed by atoms with van der Waals surface area (Å²) in [5.74, 6) is 1.47. The Hall–Kier alpha value is -1.91. The molecule has 1 saturated carbocycles. The third kappa shape index (κ3) is 2.32. The summed E-state index contributed by atoms with van der Waals surface area (Å²) in [7, 11) is 0. The summed E-state index contributed by atoms with van der Waals surface area (Å²) in [5, 5.41) is 12.1. The molecule has 0 saturated heterocycles. The minimum Gasteiger partial charge on any atom is -0.399 e. The molecule has 19 heavy (non-hydrogen) atoms. The van der Waals surface area contributed by atoms with Crippen LogP contribution in [0.4, 0.5) is 5.69 Å². The Kier molecular flexibility index (Phi) is 2.59. The van der Waals surface area contributed by atoms with Crippen molar-refractivity contribution < 1.29 is 0 Å². The van der Waals surface area contributed by atoms with Crippen LogP contribution < -0.4 is 5.73 Å². The summed E-state index contributed by atoms with van der Waals surface area (Å²) in [5.41, 5.74) is 9.18. The summed E-state index contributed by atoms with van der Waals surface area (Å²) < 4.78 is 1.90. The number of nitrogens with zero attached hydrogens (tertiary/aromatic N) is 4. The van der Waals surface area contributed by atoms with Crippen molar-refractivity contribution in [2.24, 2.45) is 11.3 Å². The molecule has 1 unspecified atom stereocenters. The highest BCUT2D eigenvalue weighted by atomic mass is 15.5. The Balaban J connectivity index is 1.91. The van der Waals surface area contributed by atoms with Gasteiger partial charge in [-0.3, -0.25) is 0 Å². The van der Waals surface area contributed by atoms with Crippen LogP contribution in [0.2, 0.25) is 0 Å². The van der Waals surface area contributed by atoms with E-state index in [9.17, 15) is 0 Å². The fraction of sp³-hybridized carbons (Fsp3) is 0.500. The number of hydrogen-bond acceptors (Lipinski definition) is 4. The molecule has 100 valence electrons. The number of nitrogens with two attached hydrogens (primary N) is 1. The Morgan fingerprint density at radius 3 is 2.74 bits per heavy atom. The van der Waals surface area contributed by atoms with Crippen molar-refractivity contribution in [1.82, 2.24) is 20.2 Å². The summed E-state index contributed by atoms with van der Waals surface area (Å²) in [6, 6.07) is 5.94. The Labute approximate surface area is 112 Å². The highest BCUT2D eigenvalue weighted by molar-refractivity contribution is 5.62. The molecule has 1 aliphatic rings. The van der Waals surface area contributed by atoms with E-state index in [0.29, 0.717) is 11.3 Å². The van der Waals surface area contributed by atoms with Crippen molar-refractivity contribution in [2.75, 3.05) is 5.73 Å². The molecule has 0 spiro atoms. The predicted octanol–water partition coefficient (Wildman–Crippen LogP) is 2.28. The van der Waals surface area contributed by atoms with E-state index in [1.54, 1.807) is 0 Å². The van der Waals surface area contributed by atoms with Crippen molar-refractivity contribution in [2.45, 2.75) is 33.7 Å². The van der Waals surface area contributed by atoms with Gasteiger partial charge in [-0.1, -0.05) is 13.8 Å². The van der Waals surface area contributed by atoms with Gasteiger partial charge in [-0.15, -0.1) is 5.10 Å². The van der Waals surface area contributed by atoms with Gasteiger partial charge < -0.3 is 5.73 Å². The van der Waals surface area contributed by atoms with E-state index < -0.39 is 0 Å². The first-order valence-electron chi connectivity index (χ1n) is 6.59. The summed E-state index contributed by atoms with van der Waals surface area (Å²) in [4.78, 5) is 0. The molecule has 1 atom stereocenters. The molecule has 0 bridgehead atoms. The maximum Gasteiger partial charge on any atom is 0.182 e. The number of aryl methyl sites for hydroxylation is 1. The van der Waals surface area contributed by atoms with Crippen LogP contribution in [-0.2, 0) is 6.54 Å². The van der Waals surface area contributed by atoms with Crippen molar-refractivity contribution in [1.29, 1.82) is 0 Å². The minimum absolute atomic E-state index is 0.425. The highest BCUT2D eigenvalue weighted by Gasteiger charge is 2.46. The van der Waals surface area contributed by atoms with Crippen LogP contribution in [0.3, 0.4) is 0 Å². The Morgan fingerprint density at radius 1 is 1.37 bits per heavy atom. The van der Waals surface area contributed by atoms with E-state index in [1.165, 1.54) is 6.42 Å². The summed E-state index contributed by atoms with van der Waals surface area (Å²) in [6.07, 6.45) is 1.24. The number of anilines is 1. The number of benzene rings is 1. The summed E-state index contributed by atoms with van der Waals surface area (Å²) >= 11 is 0. The Bertz CT molecular complexity index is 594. The zero-order chi connectivity index (χ0) is 13.6. The van der Waals surface area contributed by atoms with Gasteiger partial charge in [0.25, 0.3) is 0 Å². The molecule has 0 amide bonds. The van der Waals surface area contributed by atoms with E-state index in [1.807, 2.05) is 23.7 Å². The van der Waals surface area contributed by atoms with Crippen LogP contribution in [0.25, 0.3) is 11.4 Å². The highest BCUT2D eigenvalue weighted by Crippen LogP contribution is 2.52. The molecule has 1 fully saturated rings. The van der Waals surface area contributed by atoms with E-state index >= 15 is 0 Å². The predicted molar refractivity (Wildman–Crippen MR) is 74.3 cm³/mol. The maximum atomic E-state index is 5.89. The van der Waals surface area contributed by atoms with Crippen LogP contribution in [0, 0.1) is 18.3 Å². The van der Waals surface area contributed by atoms with Crippen LogP contribution in [0.5, 0.6) is 0 Å². The molecular formula is C14H19N5. The standard InChI is InChI=1S/C14H19N5/c1-9-4-10(6-12(15)5-9)13-16-17-18-19(13)8-11-7-14(11,2)3/h4-6,11H,7-8,15H2,1-3H3. The number of aromatic nitrogens is 4. The zero-order valence-corrected chi connectivity index (χ0v) is 11.6. The van der Waals surface area contributed by atoms with Crippen LogP contribution in [0.1, 0.15) is 25.8 Å². The van der Waals surface area contributed by atoms with Gasteiger partial charge in [-0.25, -0.2) is 4.68 Å². The molecule has 1 aliphatic carbocycles. The first-order valence-corrected chi connectivity index (χ1v) is 6.59. The van der Waals surface area contributed by atoms with Gasteiger partial charge in [0.2, 0.25) is 0 Å². The molecule has 5 nitrogen and oxygen atoms in total. The second-order valence-electron chi connectivity index (χ2n) is 6.21. The van der Waals surface area contributed by atoms with Crippen LogP contribution >= 0.6 is 0 Å². The van der Waals surface area contributed by atoms with E-state index in [-0.39, 0.29) is 0 Å². The number of tetrazole rings is 1. The van der Waals surface area contributed by atoms with Gasteiger partial charge in [0, 0.05) is 17.8 Å². The van der Waals surface area contributed by atoms with E-state index in [4.69, 9.17) is 5.73 Å². The lowest BCUT2D eigenvalue weighted by atomic mass is 10.1. The lowest BCUT2D eigenvalue weighted by Crippen LogP contribution is -2.07. The zero-order valence-electron chi connectivity index (χ0n) is 11.6. The largest absolute Gasteiger partial charge is 0.399 e. The molecule has 2 aromatic rings. The second-order valence-corrected chi connectivity index (χ2v) is 6.21. The first kappa shape index (κ1) is 12.1. The number of nitrogen functional groups attached to an aromatic ring is 1. The van der Waals surface area contributed by atoms with Crippen LogP contribution in [-0.4, -0.2) is 20.2 Å². The van der Waals surface area contributed by atoms with Gasteiger partial charge >= 0.3 is 0 Å². The molecule has 5 heteroatoms. The average Bonchev–Trinajstić information content (AvgIpc) is 2.73. The van der Waals surface area contributed by atoms with Crippen molar-refractivity contribution in [3.8, 4) is 11.4 Å². The van der Waals surface area contributed by atoms with Gasteiger partial charge in [0.05, 0.1) is 0 Å². The molecular weight excluding hydrogens is 238 g/mol. The fourth-order valence-corrected chi connectivity index (χ4v) is 2.57. The lowest BCUT2D eigenvalue weighted by molar-refractivity contribution is 0.467. The van der Waals surface area contributed by atoms with Gasteiger partial charge in [-0.05, 0) is 58.9 Å². The second kappa shape index (κ2) is 4.05. The Morgan fingerprint density at radius 2 is 2.11 bits per heavy atom. The third-order valence-electron chi connectivity index (χ3n) is 4.00. The number of hydrogen-bond donors (Lipinski definition) is 1. The maximum absolute atomic E-state index is 5.89. The monoisotopic (exact) mass is 257 g/mol. The molecule has 0 aliphatic heterocycles. The van der Waals surface area contributed by atoms with Crippen molar-refractivity contribution >= 4 is 5.69 Å². The normalized spacial score (nSPS) is 20.5. The third-order valence-corrected chi connectivity index (χ3v) is 4.00. The van der Waals surface area contributed by atoms with Gasteiger partial charge in [0.1, 0.15) is 0 Å². The lowest BCUT2D eigenvalue weighted by Gasteiger charge is -2.07. The van der Waals surface area contributed by atoms with Gasteiger partial charge in [0.15, 0.2) is 5.82 Å². The van der Waals surface area contributed by atoms with Crippen molar-refractivity contribution in [3.63, 3.8) is 0 Å². The molecule has 2 N–H and O–H groups in total. The first-order chi connectivity index (χ1) is 8.95. The van der Waals surface area contributed by atoms with Crippen LogP contribution in [0.15, 0.2) is 18.2 Å². The van der Waals surface area contributed by atoms with Crippen molar-refractivity contribution in [3.05, 3.63) is 23.8 Å². The van der Waals surface area contributed by atoms with E-state index in [0.717, 1.165) is 29.2 Å². The summed E-state index contributed by atoms with van der Waals surface area (Å²) in [6.45, 7) is 7.47. The van der Waals surface area contributed by atoms with E-state index in [2.05, 4.69) is 35.4 Å². The quantitative estimate of drug-likeness (QED) is 0.856. The minimum atomic E-state index is 0.425. The SMILES string of the molecule is Cc1cc(N)cc(-c2nnnn2CC2CC2(C)C)c1. The molecule has 1 aromatic heterocycles. The average molecular weight is 257 g/mol. The molecule has 3 rings (SSSR count). The molecule has 1 heterocycles. The fourth-order valence-electron chi connectivity index (χ4n) is 2.57. The molecule has 1 aromatic carbocycles. The topological polar surface area (TPSA) is 69.6 Å². The molecule has 0 radical (unpaired) electrons. The van der Waals surface area contributed by atoms with Gasteiger partial charge in [-0.2, -0.15) is 0 Å².